The third kappa shape index (κ3) is 5.07. The number of methoxy groups -OCH3 is 1. The fourth-order valence-corrected chi connectivity index (χ4v) is 3.80. The molecule has 0 radical (unpaired) electrons. The predicted octanol–water partition coefficient (Wildman–Crippen LogP) is 7.19. The van der Waals surface area contributed by atoms with Crippen LogP contribution in [-0.4, -0.2) is 19.7 Å². The predicted molar refractivity (Wildman–Crippen MR) is 133 cm³/mol. The zero-order valence-electron chi connectivity index (χ0n) is 19.0. The second kappa shape index (κ2) is 10.0. The van der Waals surface area contributed by atoms with Gasteiger partial charge in [-0.15, -0.1) is 0 Å². The number of hydrogen-bond acceptors (Lipinski definition) is 4. The SMILES string of the molecule is CCOC(=O)/C=C/c1ccc(Oc2c(-c3ccccc3)c(C)cc3cc(OC)ccc23)cc1. The number of carbonyl (C=O) groups excluding carboxylic acids is 1. The third-order valence-corrected chi connectivity index (χ3v) is 5.36. The molecule has 0 heterocycles. The number of carbonyl (C=O) groups is 1. The van der Waals surface area contributed by atoms with Gasteiger partial charge in [-0.25, -0.2) is 4.79 Å². The Balaban J connectivity index is 1.75. The third-order valence-electron chi connectivity index (χ3n) is 5.36. The summed E-state index contributed by atoms with van der Waals surface area (Å²) in [7, 11) is 1.67. The van der Waals surface area contributed by atoms with E-state index in [-0.39, 0.29) is 5.97 Å². The van der Waals surface area contributed by atoms with Crippen LogP contribution in [0.5, 0.6) is 17.2 Å². The Kier molecular flexibility index (Phi) is 6.75. The van der Waals surface area contributed by atoms with Gasteiger partial charge in [0.1, 0.15) is 17.2 Å². The van der Waals surface area contributed by atoms with E-state index in [1.54, 1.807) is 20.1 Å². The molecule has 33 heavy (non-hydrogen) atoms. The summed E-state index contributed by atoms with van der Waals surface area (Å²) in [4.78, 5) is 11.6. The monoisotopic (exact) mass is 438 g/mol. The van der Waals surface area contributed by atoms with E-state index in [2.05, 4.69) is 25.1 Å². The molecule has 0 saturated heterocycles. The molecular weight excluding hydrogens is 412 g/mol. The fourth-order valence-electron chi connectivity index (χ4n) is 3.80. The molecule has 0 aliphatic heterocycles. The van der Waals surface area contributed by atoms with Crippen LogP contribution < -0.4 is 9.47 Å². The number of fused-ring (bicyclic) bond motifs is 1. The van der Waals surface area contributed by atoms with Crippen molar-refractivity contribution in [2.24, 2.45) is 0 Å². The molecule has 4 rings (SSSR count). The molecule has 0 aliphatic rings. The first-order valence-electron chi connectivity index (χ1n) is 10.9. The molecule has 0 fully saturated rings. The molecular formula is C29H26O4. The number of ether oxygens (including phenoxy) is 3. The van der Waals surface area contributed by atoms with Crippen molar-refractivity contribution in [3.05, 3.63) is 96.1 Å². The Hall–Kier alpha value is -4.05. The average molecular weight is 439 g/mol. The molecule has 4 aromatic carbocycles. The molecule has 0 spiro atoms. The van der Waals surface area contributed by atoms with Crippen LogP contribution >= 0.6 is 0 Å². The van der Waals surface area contributed by atoms with E-state index in [4.69, 9.17) is 14.2 Å². The minimum atomic E-state index is -0.355. The highest BCUT2D eigenvalue weighted by molar-refractivity contribution is 5.97. The lowest BCUT2D eigenvalue weighted by Crippen LogP contribution is -1.98. The summed E-state index contributed by atoms with van der Waals surface area (Å²) < 4.78 is 16.8. The lowest BCUT2D eigenvalue weighted by atomic mass is 9.94. The second-order valence-electron chi connectivity index (χ2n) is 7.61. The standard InChI is InChI=1S/C29H26O4/c1-4-32-27(30)17-12-21-10-13-24(14-11-21)33-29-26-16-15-25(31-3)19-23(26)18-20(2)28(29)22-8-6-5-7-9-22/h5-19H,4H2,1-3H3/b17-12+. The lowest BCUT2D eigenvalue weighted by molar-refractivity contribution is -0.137. The lowest BCUT2D eigenvalue weighted by Gasteiger charge is -2.18. The van der Waals surface area contributed by atoms with Crippen molar-refractivity contribution in [1.82, 2.24) is 0 Å². The average Bonchev–Trinajstić information content (AvgIpc) is 2.84. The van der Waals surface area contributed by atoms with Gasteiger partial charge in [0.15, 0.2) is 0 Å². The molecule has 4 heteroatoms. The van der Waals surface area contributed by atoms with E-state index in [0.29, 0.717) is 12.4 Å². The van der Waals surface area contributed by atoms with Gasteiger partial charge < -0.3 is 14.2 Å². The quantitative estimate of drug-likeness (QED) is 0.226. The molecule has 166 valence electrons. The van der Waals surface area contributed by atoms with E-state index in [0.717, 1.165) is 44.5 Å². The number of hydrogen-bond donors (Lipinski definition) is 0. The zero-order chi connectivity index (χ0) is 23.2. The summed E-state index contributed by atoms with van der Waals surface area (Å²) in [6, 6.07) is 26.0. The molecule has 0 bridgehead atoms. The topological polar surface area (TPSA) is 44.8 Å². The molecule has 4 aromatic rings. The maximum Gasteiger partial charge on any atom is 0.330 e. The number of benzene rings is 4. The van der Waals surface area contributed by atoms with E-state index < -0.39 is 0 Å². The van der Waals surface area contributed by atoms with Crippen LogP contribution in [0.1, 0.15) is 18.1 Å². The Bertz CT molecular complexity index is 1290. The first-order valence-corrected chi connectivity index (χ1v) is 10.9. The van der Waals surface area contributed by atoms with E-state index in [9.17, 15) is 4.79 Å². The molecule has 0 aromatic heterocycles. The highest BCUT2D eigenvalue weighted by Crippen LogP contribution is 2.42. The summed E-state index contributed by atoms with van der Waals surface area (Å²) in [5, 5.41) is 2.06. The number of esters is 1. The van der Waals surface area contributed by atoms with Crippen LogP contribution in [0.4, 0.5) is 0 Å². The molecule has 0 unspecified atom stereocenters. The summed E-state index contributed by atoms with van der Waals surface area (Å²) in [6.07, 6.45) is 3.15. The minimum Gasteiger partial charge on any atom is -0.497 e. The maximum absolute atomic E-state index is 11.6. The van der Waals surface area contributed by atoms with Crippen LogP contribution in [0.2, 0.25) is 0 Å². The zero-order valence-corrected chi connectivity index (χ0v) is 19.0. The Labute approximate surface area is 194 Å². The van der Waals surface area contributed by atoms with Gasteiger partial charge in [0.2, 0.25) is 0 Å². The van der Waals surface area contributed by atoms with Crippen LogP contribution in [0.15, 0.2) is 84.9 Å². The number of rotatable bonds is 7. The minimum absolute atomic E-state index is 0.355. The van der Waals surface area contributed by atoms with Crippen molar-refractivity contribution in [3.8, 4) is 28.4 Å². The van der Waals surface area contributed by atoms with Gasteiger partial charge in [-0.3, -0.25) is 0 Å². The molecule has 0 aliphatic carbocycles. The van der Waals surface area contributed by atoms with Crippen molar-refractivity contribution in [1.29, 1.82) is 0 Å². The smallest absolute Gasteiger partial charge is 0.330 e. The summed E-state index contributed by atoms with van der Waals surface area (Å²) in [5.74, 6) is 1.96. The van der Waals surface area contributed by atoms with Gasteiger partial charge in [0, 0.05) is 17.0 Å². The molecule has 0 atom stereocenters. The first-order chi connectivity index (χ1) is 16.1. The van der Waals surface area contributed by atoms with Crippen molar-refractivity contribution < 1.29 is 19.0 Å². The van der Waals surface area contributed by atoms with Crippen LogP contribution in [0, 0.1) is 6.92 Å². The fraction of sp³-hybridized carbons (Fsp3) is 0.138. The summed E-state index contributed by atoms with van der Waals surface area (Å²) in [5.41, 5.74) is 4.15. The normalized spacial score (nSPS) is 11.0. The Morgan fingerprint density at radius 1 is 0.909 bits per heavy atom. The van der Waals surface area contributed by atoms with Crippen LogP contribution in [0.3, 0.4) is 0 Å². The van der Waals surface area contributed by atoms with Crippen LogP contribution in [0.25, 0.3) is 28.0 Å². The molecule has 0 amide bonds. The Morgan fingerprint density at radius 3 is 2.33 bits per heavy atom. The number of aryl methyl sites for hydroxylation is 1. The van der Waals surface area contributed by atoms with Gasteiger partial charge in [0.05, 0.1) is 13.7 Å². The van der Waals surface area contributed by atoms with Gasteiger partial charge >= 0.3 is 5.97 Å². The Morgan fingerprint density at radius 2 is 1.64 bits per heavy atom. The molecule has 0 saturated carbocycles. The van der Waals surface area contributed by atoms with Crippen molar-refractivity contribution >= 4 is 22.8 Å². The largest absolute Gasteiger partial charge is 0.497 e. The summed E-state index contributed by atoms with van der Waals surface area (Å²) >= 11 is 0. The maximum atomic E-state index is 11.6. The van der Waals surface area contributed by atoms with E-state index in [1.807, 2.05) is 60.7 Å². The summed E-state index contributed by atoms with van der Waals surface area (Å²) in [6.45, 7) is 4.24. The van der Waals surface area contributed by atoms with Gasteiger partial charge in [-0.05, 0) is 72.3 Å². The van der Waals surface area contributed by atoms with E-state index in [1.165, 1.54) is 6.08 Å². The van der Waals surface area contributed by atoms with Crippen molar-refractivity contribution in [2.45, 2.75) is 13.8 Å². The van der Waals surface area contributed by atoms with Gasteiger partial charge in [0.25, 0.3) is 0 Å². The molecule has 4 nitrogen and oxygen atoms in total. The van der Waals surface area contributed by atoms with Gasteiger partial charge in [-0.2, -0.15) is 0 Å². The highest BCUT2D eigenvalue weighted by Gasteiger charge is 2.16. The molecule has 0 N–H and O–H groups in total. The first kappa shape index (κ1) is 22.2. The van der Waals surface area contributed by atoms with Crippen molar-refractivity contribution in [2.75, 3.05) is 13.7 Å². The van der Waals surface area contributed by atoms with Gasteiger partial charge in [-0.1, -0.05) is 48.5 Å². The van der Waals surface area contributed by atoms with E-state index >= 15 is 0 Å². The van der Waals surface area contributed by atoms with Crippen LogP contribution in [-0.2, 0) is 9.53 Å². The van der Waals surface area contributed by atoms with Crippen molar-refractivity contribution in [3.63, 3.8) is 0 Å². The second-order valence-corrected chi connectivity index (χ2v) is 7.61. The highest BCUT2D eigenvalue weighted by atomic mass is 16.5.